The summed E-state index contributed by atoms with van der Waals surface area (Å²) in [6, 6.07) is 11.2. The highest BCUT2D eigenvalue weighted by Gasteiger charge is 2.16. The molecule has 1 aromatic carbocycles. The molecule has 2 aromatic heterocycles. The maximum absolute atomic E-state index is 12.7. The van der Waals surface area contributed by atoms with Crippen LogP contribution >= 0.6 is 0 Å². The molecule has 0 aliphatic carbocycles. The van der Waals surface area contributed by atoms with Crippen LogP contribution in [0.1, 0.15) is 35.5 Å². The Hall–Kier alpha value is -2.95. The average molecular weight is 335 g/mol. The predicted octanol–water partition coefficient (Wildman–Crippen LogP) is 3.54. The molecule has 0 unspecified atom stereocenters. The monoisotopic (exact) mass is 335 g/mol. The molecule has 1 N–H and O–H groups in total. The molecule has 128 valence electrons. The molecule has 0 saturated carbocycles. The van der Waals surface area contributed by atoms with Gasteiger partial charge < -0.3 is 9.88 Å². The van der Waals surface area contributed by atoms with Gasteiger partial charge in [0.1, 0.15) is 11.2 Å². The summed E-state index contributed by atoms with van der Waals surface area (Å²) in [7, 11) is 0. The minimum atomic E-state index is -0.400. The maximum Gasteiger partial charge on any atom is 0.261 e. The lowest BCUT2D eigenvalue weighted by molar-refractivity contribution is 0.102. The van der Waals surface area contributed by atoms with Crippen LogP contribution < -0.4 is 10.7 Å². The summed E-state index contributed by atoms with van der Waals surface area (Å²) in [5, 5.41) is 3.29. The number of hydrogen-bond donors (Lipinski definition) is 1. The van der Waals surface area contributed by atoms with Gasteiger partial charge in [-0.2, -0.15) is 0 Å². The summed E-state index contributed by atoms with van der Waals surface area (Å²) in [4.78, 5) is 29.9. The van der Waals surface area contributed by atoms with Crippen molar-refractivity contribution >= 4 is 22.6 Å². The maximum atomic E-state index is 12.7. The van der Waals surface area contributed by atoms with Crippen LogP contribution in [0.5, 0.6) is 0 Å². The Balaban J connectivity index is 2.05. The van der Waals surface area contributed by atoms with Gasteiger partial charge in [0.2, 0.25) is 5.43 Å². The Morgan fingerprint density at radius 2 is 2.00 bits per heavy atom. The van der Waals surface area contributed by atoms with Crippen molar-refractivity contribution in [3.8, 4) is 0 Å². The largest absolute Gasteiger partial charge is 0.332 e. The third-order valence-corrected chi connectivity index (χ3v) is 4.24. The lowest BCUT2D eigenvalue weighted by Gasteiger charge is -2.12. The van der Waals surface area contributed by atoms with Gasteiger partial charge in [0.15, 0.2) is 0 Å². The molecule has 0 aliphatic rings. The molecule has 5 nitrogen and oxygen atoms in total. The van der Waals surface area contributed by atoms with Crippen molar-refractivity contribution in [3.05, 3.63) is 69.6 Å². The van der Waals surface area contributed by atoms with Crippen LogP contribution in [-0.4, -0.2) is 15.5 Å². The molecular formula is C20H21N3O2. The normalized spacial score (nSPS) is 10.8. The SMILES string of the molecule is CCc1cccc(NC(=O)c2cn(CC)c3nc(C)ccc3c2=O)c1. The number of fused-ring (bicyclic) bond motifs is 1. The van der Waals surface area contributed by atoms with E-state index in [1.807, 2.05) is 42.7 Å². The number of carbonyl (C=O) groups excluding carboxylic acids is 1. The number of nitrogens with zero attached hydrogens (tertiary/aromatic N) is 2. The van der Waals surface area contributed by atoms with Gasteiger partial charge in [0, 0.05) is 24.1 Å². The molecule has 0 spiro atoms. The highest BCUT2D eigenvalue weighted by atomic mass is 16.2. The van der Waals surface area contributed by atoms with E-state index in [4.69, 9.17) is 0 Å². The number of pyridine rings is 2. The van der Waals surface area contributed by atoms with Crippen LogP contribution in [0.3, 0.4) is 0 Å². The van der Waals surface area contributed by atoms with Crippen LogP contribution in [-0.2, 0) is 13.0 Å². The zero-order chi connectivity index (χ0) is 18.0. The molecule has 0 fully saturated rings. The van der Waals surface area contributed by atoms with Gasteiger partial charge in [-0.1, -0.05) is 19.1 Å². The van der Waals surface area contributed by atoms with Crippen molar-refractivity contribution in [2.24, 2.45) is 0 Å². The summed E-state index contributed by atoms with van der Waals surface area (Å²) in [5.41, 5.74) is 3.09. The number of benzene rings is 1. The van der Waals surface area contributed by atoms with Crippen molar-refractivity contribution in [2.75, 3.05) is 5.32 Å². The van der Waals surface area contributed by atoms with Gasteiger partial charge in [-0.05, 0) is 50.1 Å². The van der Waals surface area contributed by atoms with E-state index < -0.39 is 5.91 Å². The summed E-state index contributed by atoms with van der Waals surface area (Å²) in [6.07, 6.45) is 2.48. The lowest BCUT2D eigenvalue weighted by Crippen LogP contribution is -2.24. The van der Waals surface area contributed by atoms with E-state index >= 15 is 0 Å². The Labute approximate surface area is 146 Å². The van der Waals surface area contributed by atoms with Gasteiger partial charge >= 0.3 is 0 Å². The number of nitrogens with one attached hydrogen (secondary N) is 1. The van der Waals surface area contributed by atoms with Crippen LogP contribution in [0.25, 0.3) is 11.0 Å². The first-order valence-electron chi connectivity index (χ1n) is 8.44. The smallest absolute Gasteiger partial charge is 0.261 e. The fourth-order valence-electron chi connectivity index (χ4n) is 2.83. The Kier molecular flexibility index (Phi) is 4.65. The van der Waals surface area contributed by atoms with E-state index in [2.05, 4.69) is 17.2 Å². The van der Waals surface area contributed by atoms with Crippen LogP contribution in [0.2, 0.25) is 0 Å². The van der Waals surface area contributed by atoms with Crippen molar-refractivity contribution in [3.63, 3.8) is 0 Å². The van der Waals surface area contributed by atoms with Gasteiger partial charge in [-0.3, -0.25) is 9.59 Å². The average Bonchev–Trinajstić information content (AvgIpc) is 2.62. The summed E-state index contributed by atoms with van der Waals surface area (Å²) in [5.74, 6) is -0.400. The molecule has 3 rings (SSSR count). The Morgan fingerprint density at radius 3 is 2.72 bits per heavy atom. The molecule has 3 aromatic rings. The minimum Gasteiger partial charge on any atom is -0.332 e. The lowest BCUT2D eigenvalue weighted by atomic mass is 10.1. The summed E-state index contributed by atoms with van der Waals surface area (Å²) >= 11 is 0. The molecule has 1 amide bonds. The number of aromatic nitrogens is 2. The first kappa shape index (κ1) is 16.9. The molecule has 0 atom stereocenters. The first-order chi connectivity index (χ1) is 12.0. The number of anilines is 1. The third-order valence-electron chi connectivity index (χ3n) is 4.24. The molecule has 2 heterocycles. The van der Waals surface area contributed by atoms with Crippen LogP contribution in [0, 0.1) is 6.92 Å². The van der Waals surface area contributed by atoms with E-state index in [9.17, 15) is 9.59 Å². The molecule has 25 heavy (non-hydrogen) atoms. The highest BCUT2D eigenvalue weighted by molar-refractivity contribution is 6.05. The topological polar surface area (TPSA) is 64.0 Å². The third kappa shape index (κ3) is 3.31. The van der Waals surface area contributed by atoms with Gasteiger partial charge in [-0.25, -0.2) is 4.98 Å². The predicted molar refractivity (Wildman–Crippen MR) is 100 cm³/mol. The number of hydrogen-bond acceptors (Lipinski definition) is 3. The molecular weight excluding hydrogens is 314 g/mol. The van der Waals surface area contributed by atoms with Crippen molar-refractivity contribution in [1.29, 1.82) is 0 Å². The Bertz CT molecular complexity index is 1010. The fraction of sp³-hybridized carbons (Fsp3) is 0.250. The zero-order valence-corrected chi connectivity index (χ0v) is 14.7. The zero-order valence-electron chi connectivity index (χ0n) is 14.7. The van der Waals surface area contributed by atoms with Crippen molar-refractivity contribution < 1.29 is 4.79 Å². The van der Waals surface area contributed by atoms with Crippen molar-refractivity contribution in [2.45, 2.75) is 33.7 Å². The van der Waals surface area contributed by atoms with E-state index in [0.717, 1.165) is 17.7 Å². The number of rotatable bonds is 4. The number of carbonyl (C=O) groups is 1. The molecule has 0 radical (unpaired) electrons. The fourth-order valence-corrected chi connectivity index (χ4v) is 2.83. The number of aryl methyl sites for hydroxylation is 3. The van der Waals surface area contributed by atoms with Crippen LogP contribution in [0.15, 0.2) is 47.4 Å². The summed E-state index contributed by atoms with van der Waals surface area (Å²) < 4.78 is 1.83. The second-order valence-corrected chi connectivity index (χ2v) is 5.99. The van der Waals surface area contributed by atoms with Crippen LogP contribution in [0.4, 0.5) is 5.69 Å². The van der Waals surface area contributed by atoms with E-state index in [1.54, 1.807) is 18.3 Å². The quantitative estimate of drug-likeness (QED) is 0.793. The molecule has 0 aliphatic heterocycles. The van der Waals surface area contributed by atoms with E-state index in [0.29, 0.717) is 23.3 Å². The van der Waals surface area contributed by atoms with E-state index in [-0.39, 0.29) is 11.0 Å². The molecule has 5 heteroatoms. The molecule has 0 saturated heterocycles. The standard InChI is InChI=1S/C20H21N3O2/c1-4-14-7-6-8-15(11-14)22-20(25)17-12-23(5-2)19-16(18(17)24)10-9-13(3)21-19/h6-12H,4-5H2,1-3H3,(H,22,25). The second kappa shape index (κ2) is 6.89. The van der Waals surface area contributed by atoms with Gasteiger partial charge in [0.05, 0.1) is 5.39 Å². The highest BCUT2D eigenvalue weighted by Crippen LogP contribution is 2.14. The van der Waals surface area contributed by atoms with Gasteiger partial charge in [0.25, 0.3) is 5.91 Å². The summed E-state index contributed by atoms with van der Waals surface area (Å²) in [6.45, 7) is 6.52. The second-order valence-electron chi connectivity index (χ2n) is 5.99. The first-order valence-corrected chi connectivity index (χ1v) is 8.44. The minimum absolute atomic E-state index is 0.127. The number of amides is 1. The van der Waals surface area contributed by atoms with E-state index in [1.165, 1.54) is 0 Å². The Morgan fingerprint density at radius 1 is 1.20 bits per heavy atom. The van der Waals surface area contributed by atoms with Gasteiger partial charge in [-0.15, -0.1) is 0 Å². The van der Waals surface area contributed by atoms with Crippen molar-refractivity contribution in [1.82, 2.24) is 9.55 Å². The molecule has 0 bridgehead atoms.